The van der Waals surface area contributed by atoms with Gasteiger partial charge in [-0.25, -0.2) is 0 Å². The average Bonchev–Trinajstić information content (AvgIpc) is 2.88. The van der Waals surface area contributed by atoms with E-state index in [4.69, 9.17) is 9.47 Å². The van der Waals surface area contributed by atoms with E-state index in [-0.39, 0.29) is 5.79 Å². The Morgan fingerprint density at radius 3 is 2.50 bits per heavy atom. The molecule has 1 saturated heterocycles. The molecule has 3 aliphatic rings. The average molecular weight is 251 g/mol. The van der Waals surface area contributed by atoms with Crippen LogP contribution in [0.15, 0.2) is 12.2 Å². The molecule has 18 heavy (non-hydrogen) atoms. The summed E-state index contributed by atoms with van der Waals surface area (Å²) in [6, 6.07) is 0.675. The third-order valence-electron chi connectivity index (χ3n) is 4.63. The van der Waals surface area contributed by atoms with Gasteiger partial charge < -0.3 is 14.8 Å². The van der Waals surface area contributed by atoms with Crippen LogP contribution in [0.4, 0.5) is 0 Å². The number of hydrogen-bond acceptors (Lipinski definition) is 3. The van der Waals surface area contributed by atoms with Gasteiger partial charge in [0.1, 0.15) is 0 Å². The van der Waals surface area contributed by atoms with Crippen LogP contribution < -0.4 is 5.32 Å². The normalized spacial score (nSPS) is 32.1. The maximum Gasteiger partial charge on any atom is 0.168 e. The lowest BCUT2D eigenvalue weighted by Gasteiger charge is -2.36. The van der Waals surface area contributed by atoms with Crippen LogP contribution in [-0.4, -0.2) is 31.6 Å². The van der Waals surface area contributed by atoms with Crippen molar-refractivity contribution >= 4 is 0 Å². The van der Waals surface area contributed by atoms with E-state index < -0.39 is 0 Å². The van der Waals surface area contributed by atoms with E-state index in [0.29, 0.717) is 6.04 Å². The Kier molecular flexibility index (Phi) is 4.02. The van der Waals surface area contributed by atoms with Crippen molar-refractivity contribution in [1.82, 2.24) is 5.32 Å². The van der Waals surface area contributed by atoms with Gasteiger partial charge in [-0.2, -0.15) is 0 Å². The van der Waals surface area contributed by atoms with Crippen LogP contribution in [0.25, 0.3) is 0 Å². The molecule has 1 unspecified atom stereocenters. The van der Waals surface area contributed by atoms with E-state index in [1.54, 1.807) is 0 Å². The lowest BCUT2D eigenvalue weighted by molar-refractivity contribution is -0.179. The van der Waals surface area contributed by atoms with Crippen LogP contribution in [0.1, 0.15) is 44.9 Å². The molecule has 1 heterocycles. The zero-order valence-corrected chi connectivity index (χ0v) is 11.2. The summed E-state index contributed by atoms with van der Waals surface area (Å²) < 4.78 is 11.5. The SMILES string of the molecule is C1=CCC(CNC2CCC3(CC2)OCCO3)CC1. The molecule has 3 rings (SSSR count). The Labute approximate surface area is 110 Å². The molecule has 0 bridgehead atoms. The van der Waals surface area contributed by atoms with Crippen LogP contribution in [0.5, 0.6) is 0 Å². The van der Waals surface area contributed by atoms with Gasteiger partial charge in [-0.3, -0.25) is 0 Å². The first-order valence-corrected chi connectivity index (χ1v) is 7.53. The lowest BCUT2D eigenvalue weighted by atomic mass is 9.89. The van der Waals surface area contributed by atoms with Gasteiger partial charge >= 0.3 is 0 Å². The fourth-order valence-electron chi connectivity index (χ4n) is 3.42. The summed E-state index contributed by atoms with van der Waals surface area (Å²) in [5.41, 5.74) is 0. The van der Waals surface area contributed by atoms with Crippen molar-refractivity contribution in [2.75, 3.05) is 19.8 Å². The number of ether oxygens (including phenoxy) is 2. The van der Waals surface area contributed by atoms with Crippen molar-refractivity contribution in [3.63, 3.8) is 0 Å². The minimum atomic E-state index is -0.203. The van der Waals surface area contributed by atoms with E-state index in [9.17, 15) is 0 Å². The molecular formula is C15H25NO2. The Morgan fingerprint density at radius 1 is 1.06 bits per heavy atom. The Bertz CT molecular complexity index is 287. The van der Waals surface area contributed by atoms with Crippen LogP contribution in [-0.2, 0) is 9.47 Å². The maximum absolute atomic E-state index is 5.77. The highest BCUT2D eigenvalue weighted by atomic mass is 16.7. The quantitative estimate of drug-likeness (QED) is 0.782. The maximum atomic E-state index is 5.77. The second kappa shape index (κ2) is 5.72. The molecule has 0 aromatic rings. The van der Waals surface area contributed by atoms with Crippen LogP contribution in [0.3, 0.4) is 0 Å². The summed E-state index contributed by atoms with van der Waals surface area (Å²) in [7, 11) is 0. The van der Waals surface area contributed by atoms with Crippen molar-refractivity contribution in [2.24, 2.45) is 5.92 Å². The van der Waals surface area contributed by atoms with Crippen LogP contribution in [0.2, 0.25) is 0 Å². The number of rotatable bonds is 3. The Morgan fingerprint density at radius 2 is 1.83 bits per heavy atom. The van der Waals surface area contributed by atoms with Crippen LogP contribution in [0, 0.1) is 5.92 Å². The highest BCUT2D eigenvalue weighted by Gasteiger charge is 2.40. The number of nitrogens with one attached hydrogen (secondary N) is 1. The highest BCUT2D eigenvalue weighted by Crippen LogP contribution is 2.35. The van der Waals surface area contributed by atoms with Crippen LogP contribution >= 0.6 is 0 Å². The summed E-state index contributed by atoms with van der Waals surface area (Å²) in [5, 5.41) is 3.75. The molecule has 1 N–H and O–H groups in total. The molecule has 2 aliphatic carbocycles. The second-order valence-corrected chi connectivity index (χ2v) is 5.94. The molecule has 102 valence electrons. The minimum Gasteiger partial charge on any atom is -0.348 e. The number of allylic oxidation sites excluding steroid dienone is 2. The van der Waals surface area contributed by atoms with E-state index in [1.165, 1.54) is 38.6 Å². The smallest absolute Gasteiger partial charge is 0.168 e. The highest BCUT2D eigenvalue weighted by molar-refractivity contribution is 4.91. The third-order valence-corrected chi connectivity index (χ3v) is 4.63. The molecule has 1 saturated carbocycles. The van der Waals surface area contributed by atoms with Gasteiger partial charge in [0.25, 0.3) is 0 Å². The summed E-state index contributed by atoms with van der Waals surface area (Å²) in [5.74, 6) is 0.649. The van der Waals surface area contributed by atoms with Gasteiger partial charge in [-0.15, -0.1) is 0 Å². The molecule has 0 radical (unpaired) electrons. The largest absolute Gasteiger partial charge is 0.348 e. The molecule has 0 amide bonds. The van der Waals surface area contributed by atoms with Crippen molar-refractivity contribution < 1.29 is 9.47 Å². The predicted octanol–water partition coefficient (Wildman–Crippen LogP) is 2.62. The molecule has 3 heteroatoms. The van der Waals surface area contributed by atoms with E-state index in [1.807, 2.05) is 0 Å². The first kappa shape index (κ1) is 12.6. The Hall–Kier alpha value is -0.380. The van der Waals surface area contributed by atoms with E-state index in [2.05, 4.69) is 17.5 Å². The predicted molar refractivity (Wildman–Crippen MR) is 71.4 cm³/mol. The number of hydrogen-bond donors (Lipinski definition) is 1. The summed E-state index contributed by atoms with van der Waals surface area (Å²) in [6.45, 7) is 2.75. The molecule has 0 aromatic heterocycles. The molecule has 0 aromatic carbocycles. The summed E-state index contributed by atoms with van der Waals surface area (Å²) >= 11 is 0. The molecule has 2 fully saturated rings. The second-order valence-electron chi connectivity index (χ2n) is 5.94. The fraction of sp³-hybridized carbons (Fsp3) is 0.867. The zero-order valence-electron chi connectivity index (χ0n) is 11.2. The van der Waals surface area contributed by atoms with E-state index in [0.717, 1.165) is 32.0 Å². The van der Waals surface area contributed by atoms with Gasteiger partial charge in [0, 0.05) is 18.9 Å². The molecule has 1 aliphatic heterocycles. The van der Waals surface area contributed by atoms with Gasteiger partial charge in [0.15, 0.2) is 5.79 Å². The van der Waals surface area contributed by atoms with Crippen molar-refractivity contribution in [1.29, 1.82) is 0 Å². The van der Waals surface area contributed by atoms with Crippen molar-refractivity contribution in [2.45, 2.75) is 56.8 Å². The summed E-state index contributed by atoms with van der Waals surface area (Å²) in [4.78, 5) is 0. The Balaban J connectivity index is 1.39. The van der Waals surface area contributed by atoms with Crippen molar-refractivity contribution in [3.8, 4) is 0 Å². The van der Waals surface area contributed by atoms with Crippen molar-refractivity contribution in [3.05, 3.63) is 12.2 Å². The molecule has 3 nitrogen and oxygen atoms in total. The van der Waals surface area contributed by atoms with Gasteiger partial charge in [-0.1, -0.05) is 12.2 Å². The molecule has 1 spiro atoms. The first-order chi connectivity index (χ1) is 8.86. The van der Waals surface area contributed by atoms with Gasteiger partial charge in [0.05, 0.1) is 13.2 Å². The fourth-order valence-corrected chi connectivity index (χ4v) is 3.42. The van der Waals surface area contributed by atoms with Gasteiger partial charge in [-0.05, 0) is 44.6 Å². The first-order valence-electron chi connectivity index (χ1n) is 7.53. The molecular weight excluding hydrogens is 226 g/mol. The van der Waals surface area contributed by atoms with E-state index >= 15 is 0 Å². The zero-order chi connectivity index (χ0) is 12.3. The summed E-state index contributed by atoms with van der Waals surface area (Å²) in [6.07, 6.45) is 13.1. The standard InChI is InChI=1S/C15H25NO2/c1-2-4-13(5-3-1)12-16-14-6-8-15(9-7-14)17-10-11-18-15/h1-2,13-14,16H,3-12H2. The third kappa shape index (κ3) is 2.95. The van der Waals surface area contributed by atoms with Gasteiger partial charge in [0.2, 0.25) is 0 Å². The molecule has 1 atom stereocenters. The topological polar surface area (TPSA) is 30.5 Å². The lowest BCUT2D eigenvalue weighted by Crippen LogP contribution is -2.43. The minimum absolute atomic E-state index is 0.203. The monoisotopic (exact) mass is 251 g/mol.